The third kappa shape index (κ3) is 3.10. The Kier molecular flexibility index (Phi) is 4.01. The van der Waals surface area contributed by atoms with Gasteiger partial charge in [0.2, 0.25) is 0 Å². The molecule has 4 nitrogen and oxygen atoms in total. The fraction of sp³-hybridized carbons (Fsp3) is 0.0769. The lowest BCUT2D eigenvalue weighted by Gasteiger charge is -2.10. The Balaban J connectivity index is 2.38. The highest BCUT2D eigenvalue weighted by Crippen LogP contribution is 2.24. The van der Waals surface area contributed by atoms with E-state index in [1.54, 1.807) is 18.2 Å². The first-order chi connectivity index (χ1) is 9.29. The van der Waals surface area contributed by atoms with Gasteiger partial charge in [-0.3, -0.25) is 4.72 Å². The second kappa shape index (κ2) is 5.41. The summed E-state index contributed by atoms with van der Waals surface area (Å²) in [5, 5.41) is 0. The van der Waals surface area contributed by atoms with Crippen molar-refractivity contribution < 1.29 is 12.8 Å². The number of halogens is 2. The number of nitrogens with two attached hydrogens (primary N) is 1. The molecular weight excluding hydrogens is 347 g/mol. The summed E-state index contributed by atoms with van der Waals surface area (Å²) in [6.07, 6.45) is 0. The van der Waals surface area contributed by atoms with Gasteiger partial charge in [0.15, 0.2) is 0 Å². The van der Waals surface area contributed by atoms with Gasteiger partial charge in [0.05, 0.1) is 0 Å². The Hall–Kier alpha value is -1.60. The van der Waals surface area contributed by atoms with Crippen molar-refractivity contribution in [3.8, 4) is 0 Å². The van der Waals surface area contributed by atoms with Crippen LogP contribution in [0, 0.1) is 12.7 Å². The van der Waals surface area contributed by atoms with Gasteiger partial charge < -0.3 is 5.73 Å². The maximum atomic E-state index is 13.7. The highest BCUT2D eigenvalue weighted by Gasteiger charge is 2.19. The number of aryl methyl sites for hydroxylation is 1. The molecule has 0 heterocycles. The standard InChI is InChI=1S/C13H12BrFN2O2S/c1-8-6-10(3-4-11(8)14)17-20(18,19)13-5-2-9(16)7-12(13)15/h2-7,17H,16H2,1H3. The van der Waals surface area contributed by atoms with Crippen LogP contribution in [0.2, 0.25) is 0 Å². The highest BCUT2D eigenvalue weighted by molar-refractivity contribution is 9.10. The first-order valence-corrected chi connectivity index (χ1v) is 7.91. The van der Waals surface area contributed by atoms with E-state index in [1.165, 1.54) is 6.07 Å². The molecule has 0 bridgehead atoms. The zero-order valence-electron chi connectivity index (χ0n) is 10.5. The number of hydrogen-bond acceptors (Lipinski definition) is 3. The average Bonchev–Trinajstić information content (AvgIpc) is 2.33. The van der Waals surface area contributed by atoms with Crippen molar-refractivity contribution in [3.63, 3.8) is 0 Å². The number of nitrogen functional groups attached to an aromatic ring is 1. The second-order valence-corrected chi connectivity index (χ2v) is 6.76. The minimum Gasteiger partial charge on any atom is -0.399 e. The summed E-state index contributed by atoms with van der Waals surface area (Å²) in [5.74, 6) is -0.883. The zero-order chi connectivity index (χ0) is 14.9. The molecule has 0 unspecified atom stereocenters. The highest BCUT2D eigenvalue weighted by atomic mass is 79.9. The molecule has 3 N–H and O–H groups in total. The van der Waals surface area contributed by atoms with E-state index < -0.39 is 20.7 Å². The molecule has 0 spiro atoms. The first-order valence-electron chi connectivity index (χ1n) is 5.63. The Bertz CT molecular complexity index is 763. The van der Waals surface area contributed by atoms with Gasteiger partial charge in [0.25, 0.3) is 10.0 Å². The minimum atomic E-state index is -3.99. The van der Waals surface area contributed by atoms with E-state index in [0.717, 1.165) is 22.2 Å². The lowest BCUT2D eigenvalue weighted by Crippen LogP contribution is -2.14. The van der Waals surface area contributed by atoms with Crippen LogP contribution < -0.4 is 10.5 Å². The van der Waals surface area contributed by atoms with Crippen molar-refractivity contribution in [2.75, 3.05) is 10.5 Å². The van der Waals surface area contributed by atoms with Gasteiger partial charge in [-0.05, 0) is 48.9 Å². The number of benzene rings is 2. The molecule has 0 aliphatic heterocycles. The monoisotopic (exact) mass is 358 g/mol. The Morgan fingerprint density at radius 3 is 2.50 bits per heavy atom. The lowest BCUT2D eigenvalue weighted by atomic mass is 10.2. The molecule has 0 aliphatic rings. The summed E-state index contributed by atoms with van der Waals surface area (Å²) in [6, 6.07) is 8.40. The Morgan fingerprint density at radius 2 is 1.90 bits per heavy atom. The molecule has 2 rings (SSSR count). The van der Waals surface area contributed by atoms with Crippen molar-refractivity contribution >= 4 is 37.3 Å². The molecule has 106 valence electrons. The van der Waals surface area contributed by atoms with Crippen molar-refractivity contribution in [1.29, 1.82) is 0 Å². The molecule has 2 aromatic carbocycles. The molecule has 0 aliphatic carbocycles. The summed E-state index contributed by atoms with van der Waals surface area (Å²) in [5.41, 5.74) is 6.79. The average molecular weight is 359 g/mol. The van der Waals surface area contributed by atoms with Crippen LogP contribution in [0.5, 0.6) is 0 Å². The topological polar surface area (TPSA) is 72.2 Å². The smallest absolute Gasteiger partial charge is 0.264 e. The molecular formula is C13H12BrFN2O2S. The van der Waals surface area contributed by atoms with E-state index in [0.29, 0.717) is 5.69 Å². The van der Waals surface area contributed by atoms with Crippen LogP contribution >= 0.6 is 15.9 Å². The molecule has 2 aromatic rings. The zero-order valence-corrected chi connectivity index (χ0v) is 12.9. The van der Waals surface area contributed by atoms with E-state index in [-0.39, 0.29) is 5.69 Å². The van der Waals surface area contributed by atoms with Crippen LogP contribution in [0.15, 0.2) is 45.8 Å². The molecule has 0 saturated heterocycles. The van der Waals surface area contributed by atoms with Gasteiger partial charge in [0.1, 0.15) is 10.7 Å². The summed E-state index contributed by atoms with van der Waals surface area (Å²) < 4.78 is 41.1. The number of nitrogens with one attached hydrogen (secondary N) is 1. The van der Waals surface area contributed by atoms with Gasteiger partial charge in [-0.2, -0.15) is 0 Å². The third-order valence-electron chi connectivity index (χ3n) is 2.66. The molecule has 7 heteroatoms. The summed E-state index contributed by atoms with van der Waals surface area (Å²) in [6.45, 7) is 1.83. The SMILES string of the molecule is Cc1cc(NS(=O)(=O)c2ccc(N)cc2F)ccc1Br. The maximum Gasteiger partial charge on any atom is 0.264 e. The molecule has 0 atom stereocenters. The van der Waals surface area contributed by atoms with Gasteiger partial charge in [0, 0.05) is 15.8 Å². The van der Waals surface area contributed by atoms with E-state index in [1.807, 2.05) is 6.92 Å². The third-order valence-corrected chi connectivity index (χ3v) is 4.96. The molecule has 0 amide bonds. The minimum absolute atomic E-state index is 0.168. The van der Waals surface area contributed by atoms with E-state index in [9.17, 15) is 12.8 Å². The largest absolute Gasteiger partial charge is 0.399 e. The van der Waals surface area contributed by atoms with Crippen molar-refractivity contribution in [3.05, 3.63) is 52.3 Å². The van der Waals surface area contributed by atoms with Crippen LogP contribution in [-0.4, -0.2) is 8.42 Å². The second-order valence-electron chi connectivity index (χ2n) is 4.26. The number of rotatable bonds is 3. The van der Waals surface area contributed by atoms with Gasteiger partial charge in [-0.25, -0.2) is 12.8 Å². The van der Waals surface area contributed by atoms with Crippen LogP contribution in [0.25, 0.3) is 0 Å². The first kappa shape index (κ1) is 14.8. The predicted molar refractivity (Wildman–Crippen MR) is 80.5 cm³/mol. The Labute approximate surface area is 125 Å². The summed E-state index contributed by atoms with van der Waals surface area (Å²) >= 11 is 3.32. The molecule has 0 aromatic heterocycles. The fourth-order valence-corrected chi connectivity index (χ4v) is 3.01. The van der Waals surface area contributed by atoms with Crippen LogP contribution in [0.4, 0.5) is 15.8 Å². The fourth-order valence-electron chi connectivity index (χ4n) is 1.65. The lowest BCUT2D eigenvalue weighted by molar-refractivity contribution is 0.571. The van der Waals surface area contributed by atoms with Gasteiger partial charge in [-0.15, -0.1) is 0 Å². The van der Waals surface area contributed by atoms with Crippen molar-refractivity contribution in [1.82, 2.24) is 0 Å². The molecule has 20 heavy (non-hydrogen) atoms. The van der Waals surface area contributed by atoms with Gasteiger partial charge in [-0.1, -0.05) is 15.9 Å². The van der Waals surface area contributed by atoms with E-state index in [4.69, 9.17) is 5.73 Å². The Morgan fingerprint density at radius 1 is 1.20 bits per heavy atom. The summed E-state index contributed by atoms with van der Waals surface area (Å²) in [4.78, 5) is -0.438. The predicted octanol–water partition coefficient (Wildman–Crippen LogP) is 3.28. The van der Waals surface area contributed by atoms with Gasteiger partial charge >= 0.3 is 0 Å². The number of anilines is 2. The number of hydrogen-bond donors (Lipinski definition) is 2. The van der Waals surface area contributed by atoms with Crippen molar-refractivity contribution in [2.24, 2.45) is 0 Å². The van der Waals surface area contributed by atoms with E-state index >= 15 is 0 Å². The van der Waals surface area contributed by atoms with Crippen LogP contribution in [-0.2, 0) is 10.0 Å². The molecule has 0 radical (unpaired) electrons. The number of sulfonamides is 1. The quantitative estimate of drug-likeness (QED) is 0.827. The van der Waals surface area contributed by atoms with Crippen LogP contribution in [0.3, 0.4) is 0 Å². The van der Waals surface area contributed by atoms with Crippen LogP contribution in [0.1, 0.15) is 5.56 Å². The molecule has 0 fully saturated rings. The van der Waals surface area contributed by atoms with E-state index in [2.05, 4.69) is 20.7 Å². The maximum absolute atomic E-state index is 13.7. The van der Waals surface area contributed by atoms with Crippen molar-refractivity contribution in [2.45, 2.75) is 11.8 Å². The normalized spacial score (nSPS) is 11.3. The summed E-state index contributed by atoms with van der Waals surface area (Å²) in [7, 11) is -3.99. The molecule has 0 saturated carbocycles.